The zero-order valence-electron chi connectivity index (χ0n) is 8.93. The summed E-state index contributed by atoms with van der Waals surface area (Å²) in [6.45, 7) is 0.385. The number of nitrogens with two attached hydrogens (primary N) is 1. The van der Waals surface area contributed by atoms with E-state index in [0.29, 0.717) is 12.6 Å². The topological polar surface area (TPSA) is 64.1 Å². The first-order valence-electron chi connectivity index (χ1n) is 4.87. The van der Waals surface area contributed by atoms with Gasteiger partial charge < -0.3 is 15.5 Å². The molecule has 0 spiro atoms. The molecule has 3 N–H and O–H groups in total. The molecular weight excluding hydrogens is 222 g/mol. The van der Waals surface area contributed by atoms with E-state index < -0.39 is 0 Å². The molecular formula is C11H13N3OS. The van der Waals surface area contributed by atoms with Crippen LogP contribution in [0.4, 0.5) is 11.7 Å². The highest BCUT2D eigenvalue weighted by atomic mass is 32.2. The van der Waals surface area contributed by atoms with E-state index >= 15 is 0 Å². The molecule has 0 saturated carbocycles. The van der Waals surface area contributed by atoms with E-state index in [9.17, 15) is 0 Å². The average molecular weight is 235 g/mol. The molecule has 0 aliphatic rings. The fraction of sp³-hybridized carbons (Fsp3) is 0.182. The van der Waals surface area contributed by atoms with Gasteiger partial charge in [-0.25, -0.2) is 0 Å². The van der Waals surface area contributed by atoms with E-state index in [2.05, 4.69) is 16.4 Å². The summed E-state index contributed by atoms with van der Waals surface area (Å²) in [4.78, 5) is 5.36. The zero-order valence-corrected chi connectivity index (χ0v) is 9.75. The molecule has 0 saturated heterocycles. The predicted molar refractivity (Wildman–Crippen MR) is 65.9 cm³/mol. The van der Waals surface area contributed by atoms with E-state index in [0.717, 1.165) is 11.4 Å². The number of oxazole rings is 1. The highest BCUT2D eigenvalue weighted by Crippen LogP contribution is 2.21. The molecule has 0 amide bonds. The van der Waals surface area contributed by atoms with E-state index in [1.165, 1.54) is 4.90 Å². The summed E-state index contributed by atoms with van der Waals surface area (Å²) in [6, 6.07) is 8.51. The number of hydrogen-bond acceptors (Lipinski definition) is 5. The van der Waals surface area contributed by atoms with Gasteiger partial charge in [0.25, 0.3) is 6.01 Å². The molecule has 0 bridgehead atoms. The Kier molecular flexibility index (Phi) is 3.48. The average Bonchev–Trinajstić information content (AvgIpc) is 2.77. The molecule has 1 aromatic carbocycles. The molecule has 0 aliphatic heterocycles. The maximum Gasteiger partial charge on any atom is 0.299 e. The molecule has 1 aromatic heterocycles. The predicted octanol–water partition coefficient (Wildman–Crippen LogP) is 2.60. The molecule has 84 valence electrons. The van der Waals surface area contributed by atoms with Crippen molar-refractivity contribution < 1.29 is 4.42 Å². The van der Waals surface area contributed by atoms with Crippen molar-refractivity contribution in [2.24, 2.45) is 5.73 Å². The molecule has 2 aromatic rings. The van der Waals surface area contributed by atoms with Crippen LogP contribution in [0.5, 0.6) is 0 Å². The molecule has 0 unspecified atom stereocenters. The van der Waals surface area contributed by atoms with Crippen LogP contribution in [-0.2, 0) is 6.54 Å². The fourth-order valence-electron chi connectivity index (χ4n) is 1.28. The van der Waals surface area contributed by atoms with Gasteiger partial charge in [-0.05, 0) is 24.5 Å². The summed E-state index contributed by atoms with van der Waals surface area (Å²) < 4.78 is 5.22. The van der Waals surface area contributed by atoms with E-state index in [1.54, 1.807) is 18.0 Å². The number of aromatic nitrogens is 1. The second-order valence-electron chi connectivity index (χ2n) is 3.21. The number of hydrogen-bond donors (Lipinski definition) is 2. The SMILES string of the molecule is CSc1cccc(Nc2nc(CN)co2)c1. The van der Waals surface area contributed by atoms with Gasteiger partial charge in [0, 0.05) is 17.1 Å². The van der Waals surface area contributed by atoms with Gasteiger partial charge in [0.2, 0.25) is 0 Å². The second-order valence-corrected chi connectivity index (χ2v) is 4.08. The van der Waals surface area contributed by atoms with Crippen LogP contribution in [0.25, 0.3) is 0 Å². The second kappa shape index (κ2) is 5.05. The third-order valence-electron chi connectivity index (χ3n) is 2.08. The van der Waals surface area contributed by atoms with Crippen molar-refractivity contribution in [1.82, 2.24) is 4.98 Å². The highest BCUT2D eigenvalue weighted by molar-refractivity contribution is 7.98. The van der Waals surface area contributed by atoms with Gasteiger partial charge >= 0.3 is 0 Å². The Bertz CT molecular complexity index is 470. The summed E-state index contributed by atoms with van der Waals surface area (Å²) in [5, 5.41) is 3.09. The van der Waals surface area contributed by atoms with Crippen LogP contribution in [0.1, 0.15) is 5.69 Å². The molecule has 0 fully saturated rings. The molecule has 1 heterocycles. The number of rotatable bonds is 4. The van der Waals surface area contributed by atoms with E-state index in [-0.39, 0.29) is 0 Å². The van der Waals surface area contributed by atoms with Crippen LogP contribution < -0.4 is 11.1 Å². The Morgan fingerprint density at radius 3 is 3.06 bits per heavy atom. The first kappa shape index (κ1) is 11.0. The Balaban J connectivity index is 2.13. The molecule has 5 heteroatoms. The molecule has 0 atom stereocenters. The van der Waals surface area contributed by atoms with Gasteiger partial charge in [-0.2, -0.15) is 4.98 Å². The van der Waals surface area contributed by atoms with Gasteiger partial charge in [-0.3, -0.25) is 0 Å². The number of benzene rings is 1. The highest BCUT2D eigenvalue weighted by Gasteiger charge is 2.02. The van der Waals surface area contributed by atoms with Crippen molar-refractivity contribution in [1.29, 1.82) is 0 Å². The van der Waals surface area contributed by atoms with Crippen LogP contribution in [-0.4, -0.2) is 11.2 Å². The largest absolute Gasteiger partial charge is 0.432 e. The summed E-state index contributed by atoms with van der Waals surface area (Å²) in [5.41, 5.74) is 7.14. The maximum atomic E-state index is 5.45. The summed E-state index contributed by atoms with van der Waals surface area (Å²) in [6.07, 6.45) is 3.59. The third kappa shape index (κ3) is 2.56. The Hall–Kier alpha value is -1.46. The minimum absolute atomic E-state index is 0.385. The fourth-order valence-corrected chi connectivity index (χ4v) is 1.74. The molecule has 16 heavy (non-hydrogen) atoms. The monoisotopic (exact) mass is 235 g/mol. The van der Waals surface area contributed by atoms with Crippen LogP contribution in [0.2, 0.25) is 0 Å². The molecule has 4 nitrogen and oxygen atoms in total. The molecule has 0 aliphatic carbocycles. The van der Waals surface area contributed by atoms with Gasteiger partial charge in [0.15, 0.2) is 0 Å². The zero-order chi connectivity index (χ0) is 11.4. The number of thioether (sulfide) groups is 1. The van der Waals surface area contributed by atoms with E-state index in [4.69, 9.17) is 10.2 Å². The molecule has 2 rings (SSSR count). The van der Waals surface area contributed by atoms with Crippen LogP contribution in [0.15, 0.2) is 39.8 Å². The lowest BCUT2D eigenvalue weighted by atomic mass is 10.3. The first-order valence-corrected chi connectivity index (χ1v) is 6.10. The van der Waals surface area contributed by atoms with E-state index in [1.807, 2.05) is 24.5 Å². The Morgan fingerprint density at radius 1 is 1.50 bits per heavy atom. The van der Waals surface area contributed by atoms with Crippen molar-refractivity contribution in [2.75, 3.05) is 11.6 Å². The van der Waals surface area contributed by atoms with Crippen LogP contribution in [0.3, 0.4) is 0 Å². The van der Waals surface area contributed by atoms with Gasteiger partial charge in [0.05, 0.1) is 5.69 Å². The van der Waals surface area contributed by atoms with Crippen molar-refractivity contribution in [3.05, 3.63) is 36.2 Å². The van der Waals surface area contributed by atoms with Crippen LogP contribution in [0, 0.1) is 0 Å². The van der Waals surface area contributed by atoms with Crippen molar-refractivity contribution in [3.8, 4) is 0 Å². The number of nitrogens with zero attached hydrogens (tertiary/aromatic N) is 1. The Labute approximate surface area is 98.2 Å². The minimum Gasteiger partial charge on any atom is -0.432 e. The maximum absolute atomic E-state index is 5.45. The first-order chi connectivity index (χ1) is 7.81. The van der Waals surface area contributed by atoms with Gasteiger partial charge in [-0.15, -0.1) is 11.8 Å². The third-order valence-corrected chi connectivity index (χ3v) is 2.81. The van der Waals surface area contributed by atoms with Crippen LogP contribution >= 0.6 is 11.8 Å². The quantitative estimate of drug-likeness (QED) is 0.797. The minimum atomic E-state index is 0.385. The normalized spacial score (nSPS) is 10.4. The number of nitrogens with one attached hydrogen (secondary N) is 1. The smallest absolute Gasteiger partial charge is 0.299 e. The standard InChI is InChI=1S/C11H13N3OS/c1-16-10-4-2-3-8(5-10)13-11-14-9(6-12)7-15-11/h2-5,7H,6,12H2,1H3,(H,13,14). The lowest BCUT2D eigenvalue weighted by Crippen LogP contribution is -1.97. The van der Waals surface area contributed by atoms with Crippen molar-refractivity contribution in [3.63, 3.8) is 0 Å². The van der Waals surface area contributed by atoms with Crippen molar-refractivity contribution >= 4 is 23.5 Å². The Morgan fingerprint density at radius 2 is 2.38 bits per heavy atom. The summed E-state index contributed by atoms with van der Waals surface area (Å²) >= 11 is 1.69. The number of anilines is 2. The summed E-state index contributed by atoms with van der Waals surface area (Å²) in [5.74, 6) is 0. The van der Waals surface area contributed by atoms with Gasteiger partial charge in [-0.1, -0.05) is 6.07 Å². The lowest BCUT2D eigenvalue weighted by molar-refractivity contribution is 0.576. The molecule has 0 radical (unpaired) electrons. The lowest BCUT2D eigenvalue weighted by Gasteiger charge is -2.02. The van der Waals surface area contributed by atoms with Crippen molar-refractivity contribution in [2.45, 2.75) is 11.4 Å². The van der Waals surface area contributed by atoms with Gasteiger partial charge in [0.1, 0.15) is 6.26 Å². The summed E-state index contributed by atoms with van der Waals surface area (Å²) in [7, 11) is 0.